The van der Waals surface area contributed by atoms with Gasteiger partial charge in [0.2, 0.25) is 0 Å². The zero-order chi connectivity index (χ0) is 10.6. The van der Waals surface area contributed by atoms with Crippen LogP contribution in [0.15, 0.2) is 0 Å². The molecule has 1 spiro atoms. The Morgan fingerprint density at radius 2 is 1.71 bits per heavy atom. The van der Waals surface area contributed by atoms with E-state index in [1.807, 2.05) is 0 Å². The Hall–Kier alpha value is -0.770. The van der Waals surface area contributed by atoms with Crippen molar-refractivity contribution in [3.8, 4) is 0 Å². The van der Waals surface area contributed by atoms with E-state index in [9.17, 15) is 4.79 Å². The molecule has 2 amide bonds. The molecule has 2 saturated heterocycles. The molecular weight excluding hydrogens is 178 g/mol. The van der Waals surface area contributed by atoms with Crippen molar-refractivity contribution in [2.24, 2.45) is 11.1 Å². The number of carbonyl (C=O) groups is 1. The molecule has 0 aromatic rings. The quantitative estimate of drug-likeness (QED) is 0.614. The van der Waals surface area contributed by atoms with E-state index in [0.717, 1.165) is 26.2 Å². The van der Waals surface area contributed by atoms with Crippen LogP contribution < -0.4 is 5.73 Å². The Morgan fingerprint density at radius 3 is 2.07 bits per heavy atom. The maximum atomic E-state index is 10.8. The second-order valence-electron chi connectivity index (χ2n) is 5.72. The van der Waals surface area contributed by atoms with Gasteiger partial charge in [-0.1, -0.05) is 0 Å². The van der Waals surface area contributed by atoms with Crippen molar-refractivity contribution in [3.05, 3.63) is 0 Å². The largest absolute Gasteiger partial charge is 0.351 e. The van der Waals surface area contributed by atoms with Gasteiger partial charge in [-0.25, -0.2) is 4.79 Å². The number of rotatable bonds is 0. The summed E-state index contributed by atoms with van der Waals surface area (Å²) in [5.74, 6) is 0. The highest BCUT2D eigenvalue weighted by atomic mass is 16.2. The van der Waals surface area contributed by atoms with E-state index >= 15 is 0 Å². The lowest BCUT2D eigenvalue weighted by atomic mass is 9.71. The molecule has 0 saturated carbocycles. The number of primary amides is 1. The molecule has 0 bridgehead atoms. The number of amides is 2. The van der Waals surface area contributed by atoms with E-state index in [-0.39, 0.29) is 11.6 Å². The number of nitrogens with two attached hydrogens (primary N) is 1. The molecule has 2 N–H and O–H groups in total. The lowest BCUT2D eigenvalue weighted by Crippen LogP contribution is -2.75. The van der Waals surface area contributed by atoms with E-state index in [2.05, 4.69) is 25.7 Å². The van der Waals surface area contributed by atoms with E-state index in [4.69, 9.17) is 5.73 Å². The second-order valence-corrected chi connectivity index (χ2v) is 5.72. The van der Waals surface area contributed by atoms with Crippen molar-refractivity contribution in [1.29, 1.82) is 0 Å². The van der Waals surface area contributed by atoms with E-state index in [1.54, 1.807) is 4.90 Å². The maximum Gasteiger partial charge on any atom is 0.314 e. The van der Waals surface area contributed by atoms with Gasteiger partial charge >= 0.3 is 6.03 Å². The monoisotopic (exact) mass is 197 g/mol. The number of urea groups is 1. The smallest absolute Gasteiger partial charge is 0.314 e. The van der Waals surface area contributed by atoms with Crippen molar-refractivity contribution >= 4 is 6.03 Å². The van der Waals surface area contributed by atoms with E-state index in [1.165, 1.54) is 0 Å². The summed E-state index contributed by atoms with van der Waals surface area (Å²) in [5.41, 5.74) is 5.83. The third kappa shape index (κ3) is 1.38. The van der Waals surface area contributed by atoms with Crippen LogP contribution >= 0.6 is 0 Å². The Kier molecular flexibility index (Phi) is 1.83. The van der Waals surface area contributed by atoms with Crippen LogP contribution in [0.25, 0.3) is 0 Å². The fraction of sp³-hybridized carbons (Fsp3) is 0.900. The van der Waals surface area contributed by atoms with Gasteiger partial charge in [0.1, 0.15) is 0 Å². The molecule has 0 aliphatic carbocycles. The van der Waals surface area contributed by atoms with Gasteiger partial charge in [-0.2, -0.15) is 0 Å². The van der Waals surface area contributed by atoms with Gasteiger partial charge in [0.25, 0.3) is 0 Å². The van der Waals surface area contributed by atoms with Crippen LogP contribution in [-0.4, -0.2) is 47.5 Å². The van der Waals surface area contributed by atoms with Gasteiger partial charge in [-0.05, 0) is 20.8 Å². The first-order valence-corrected chi connectivity index (χ1v) is 5.12. The average Bonchev–Trinajstić information content (AvgIpc) is 1.74. The SMILES string of the molecule is CC(C)(C)N1CC2(CN(C(N)=O)C2)C1. The maximum absolute atomic E-state index is 10.8. The summed E-state index contributed by atoms with van der Waals surface area (Å²) in [6.07, 6.45) is 0. The lowest BCUT2D eigenvalue weighted by Gasteiger charge is -2.63. The minimum Gasteiger partial charge on any atom is -0.351 e. The zero-order valence-electron chi connectivity index (χ0n) is 9.21. The van der Waals surface area contributed by atoms with Crippen LogP contribution in [0.3, 0.4) is 0 Å². The molecule has 2 aliphatic heterocycles. The highest BCUT2D eigenvalue weighted by Gasteiger charge is 2.54. The lowest BCUT2D eigenvalue weighted by molar-refractivity contribution is -0.127. The fourth-order valence-electron chi connectivity index (χ4n) is 2.36. The Morgan fingerprint density at radius 1 is 1.21 bits per heavy atom. The minimum atomic E-state index is -0.273. The number of hydrogen-bond donors (Lipinski definition) is 1. The molecule has 14 heavy (non-hydrogen) atoms. The topological polar surface area (TPSA) is 49.6 Å². The highest BCUT2D eigenvalue weighted by Crippen LogP contribution is 2.42. The van der Waals surface area contributed by atoms with Crippen LogP contribution in [-0.2, 0) is 0 Å². The Labute approximate surface area is 85.0 Å². The number of likely N-dealkylation sites (tertiary alicyclic amines) is 2. The van der Waals surface area contributed by atoms with E-state index < -0.39 is 0 Å². The molecule has 2 fully saturated rings. The van der Waals surface area contributed by atoms with Crippen LogP contribution in [0.1, 0.15) is 20.8 Å². The van der Waals surface area contributed by atoms with Gasteiger partial charge in [-0.15, -0.1) is 0 Å². The van der Waals surface area contributed by atoms with Gasteiger partial charge in [0, 0.05) is 37.1 Å². The van der Waals surface area contributed by atoms with Gasteiger partial charge in [0.15, 0.2) is 0 Å². The number of nitrogens with zero attached hydrogens (tertiary/aromatic N) is 2. The summed E-state index contributed by atoms with van der Waals surface area (Å²) in [6, 6.07) is -0.273. The summed E-state index contributed by atoms with van der Waals surface area (Å²) in [6.45, 7) is 10.6. The normalized spacial score (nSPS) is 25.8. The average molecular weight is 197 g/mol. The molecule has 0 unspecified atom stereocenters. The zero-order valence-corrected chi connectivity index (χ0v) is 9.21. The molecule has 0 aromatic carbocycles. The third-order valence-corrected chi connectivity index (χ3v) is 3.37. The predicted molar refractivity (Wildman–Crippen MR) is 54.9 cm³/mol. The highest BCUT2D eigenvalue weighted by molar-refractivity contribution is 5.73. The molecule has 80 valence electrons. The molecular formula is C10H19N3O. The number of carbonyl (C=O) groups excluding carboxylic acids is 1. The van der Waals surface area contributed by atoms with Crippen molar-refractivity contribution in [3.63, 3.8) is 0 Å². The fourth-order valence-corrected chi connectivity index (χ4v) is 2.36. The first kappa shape index (κ1) is 9.77. The number of hydrogen-bond acceptors (Lipinski definition) is 2. The first-order chi connectivity index (χ1) is 6.32. The van der Waals surface area contributed by atoms with Crippen molar-refractivity contribution in [2.45, 2.75) is 26.3 Å². The summed E-state index contributed by atoms with van der Waals surface area (Å²) in [5, 5.41) is 0. The summed E-state index contributed by atoms with van der Waals surface area (Å²) in [4.78, 5) is 15.0. The minimum absolute atomic E-state index is 0.262. The molecule has 4 nitrogen and oxygen atoms in total. The molecule has 2 rings (SSSR count). The van der Waals surface area contributed by atoms with E-state index in [0.29, 0.717) is 5.41 Å². The van der Waals surface area contributed by atoms with Crippen molar-refractivity contribution < 1.29 is 4.79 Å². The Balaban J connectivity index is 1.83. The van der Waals surface area contributed by atoms with Gasteiger partial charge < -0.3 is 10.6 Å². The van der Waals surface area contributed by atoms with Crippen LogP contribution in [0.4, 0.5) is 4.79 Å². The summed E-state index contributed by atoms with van der Waals surface area (Å²) in [7, 11) is 0. The standard InChI is InChI=1S/C10H19N3O/c1-9(2,3)13-6-10(7-13)4-12(5-10)8(11)14/h4-7H2,1-3H3,(H2,11,14). The molecule has 2 aliphatic rings. The Bertz CT molecular complexity index is 255. The van der Waals surface area contributed by atoms with Crippen molar-refractivity contribution in [2.75, 3.05) is 26.2 Å². The van der Waals surface area contributed by atoms with Gasteiger partial charge in [0.05, 0.1) is 0 Å². The van der Waals surface area contributed by atoms with Crippen LogP contribution in [0.5, 0.6) is 0 Å². The molecule has 0 atom stereocenters. The summed E-state index contributed by atoms with van der Waals surface area (Å²) < 4.78 is 0. The van der Waals surface area contributed by atoms with Crippen LogP contribution in [0, 0.1) is 5.41 Å². The van der Waals surface area contributed by atoms with Crippen LogP contribution in [0.2, 0.25) is 0 Å². The third-order valence-electron chi connectivity index (χ3n) is 3.37. The molecule has 0 radical (unpaired) electrons. The molecule has 4 heteroatoms. The molecule has 2 heterocycles. The van der Waals surface area contributed by atoms with Gasteiger partial charge in [-0.3, -0.25) is 4.90 Å². The first-order valence-electron chi connectivity index (χ1n) is 5.12. The second kappa shape index (κ2) is 2.63. The van der Waals surface area contributed by atoms with Crippen molar-refractivity contribution in [1.82, 2.24) is 9.80 Å². The molecule has 0 aromatic heterocycles. The predicted octanol–water partition coefficient (Wildman–Crippen LogP) is 0.481. The summed E-state index contributed by atoms with van der Waals surface area (Å²) >= 11 is 0.